The van der Waals surface area contributed by atoms with Crippen LogP contribution in [0.15, 0.2) is 53.7 Å². The molecule has 7 heteroatoms. The van der Waals surface area contributed by atoms with Gasteiger partial charge >= 0.3 is 0 Å². The number of piperidine rings is 1. The number of amides is 1. The van der Waals surface area contributed by atoms with Crippen molar-refractivity contribution in [2.75, 3.05) is 13.1 Å². The van der Waals surface area contributed by atoms with Crippen molar-refractivity contribution in [1.29, 1.82) is 0 Å². The lowest BCUT2D eigenvalue weighted by molar-refractivity contribution is -0.121. The van der Waals surface area contributed by atoms with E-state index in [-0.39, 0.29) is 5.91 Å². The number of benzene rings is 1. The summed E-state index contributed by atoms with van der Waals surface area (Å²) < 4.78 is 26.9. The molecule has 1 N–H and O–H groups in total. The van der Waals surface area contributed by atoms with Gasteiger partial charge in [-0.05, 0) is 54.7 Å². The van der Waals surface area contributed by atoms with Crippen molar-refractivity contribution in [3.8, 4) is 0 Å². The third kappa shape index (κ3) is 5.37. The highest BCUT2D eigenvalue weighted by Crippen LogP contribution is 2.21. The van der Waals surface area contributed by atoms with E-state index >= 15 is 0 Å². The molecule has 0 spiro atoms. The molecule has 1 saturated heterocycles. The number of carbonyl (C=O) groups is 1. The Labute approximate surface area is 160 Å². The first kappa shape index (κ1) is 19.5. The van der Waals surface area contributed by atoms with E-state index in [9.17, 15) is 13.2 Å². The summed E-state index contributed by atoms with van der Waals surface area (Å²) in [5, 5.41) is 2.88. The molecule has 2 aromatic rings. The molecule has 144 valence electrons. The standard InChI is InChI=1S/C20H25N3O3S/c24-20(22-16-18-10-12-21-13-11-18)9-6-17-4-7-19(8-5-17)27(25,26)23-14-2-1-3-15-23/h4-5,7-8,10-13H,1-3,6,9,14-16H2,(H,22,24). The van der Waals surface area contributed by atoms with E-state index < -0.39 is 10.0 Å². The Morgan fingerprint density at radius 2 is 1.63 bits per heavy atom. The molecule has 2 heterocycles. The Kier molecular flexibility index (Phi) is 6.58. The minimum Gasteiger partial charge on any atom is -0.352 e. The van der Waals surface area contributed by atoms with Gasteiger partial charge in [-0.3, -0.25) is 9.78 Å². The number of aromatic nitrogens is 1. The van der Waals surface area contributed by atoms with Gasteiger partial charge in [-0.25, -0.2) is 8.42 Å². The highest BCUT2D eigenvalue weighted by Gasteiger charge is 2.25. The summed E-state index contributed by atoms with van der Waals surface area (Å²) in [6.07, 6.45) is 7.27. The molecule has 6 nitrogen and oxygen atoms in total. The Morgan fingerprint density at radius 1 is 0.963 bits per heavy atom. The molecule has 1 aromatic heterocycles. The number of sulfonamides is 1. The maximum absolute atomic E-state index is 12.6. The third-order valence-corrected chi connectivity index (χ3v) is 6.67. The minimum atomic E-state index is -3.40. The van der Waals surface area contributed by atoms with Crippen molar-refractivity contribution in [2.45, 2.75) is 43.5 Å². The smallest absolute Gasteiger partial charge is 0.243 e. The van der Waals surface area contributed by atoms with Crippen LogP contribution >= 0.6 is 0 Å². The lowest BCUT2D eigenvalue weighted by Gasteiger charge is -2.25. The van der Waals surface area contributed by atoms with Crippen molar-refractivity contribution in [2.24, 2.45) is 0 Å². The predicted molar refractivity (Wildman–Crippen MR) is 103 cm³/mol. The minimum absolute atomic E-state index is 0.0307. The van der Waals surface area contributed by atoms with Crippen LogP contribution < -0.4 is 5.32 Å². The van der Waals surface area contributed by atoms with Crippen LogP contribution in [0.4, 0.5) is 0 Å². The maximum Gasteiger partial charge on any atom is 0.243 e. The van der Waals surface area contributed by atoms with Crippen molar-refractivity contribution in [3.63, 3.8) is 0 Å². The van der Waals surface area contributed by atoms with Crippen molar-refractivity contribution in [3.05, 3.63) is 59.9 Å². The molecule has 0 saturated carbocycles. The third-order valence-electron chi connectivity index (χ3n) is 4.76. The van der Waals surface area contributed by atoms with Crippen molar-refractivity contribution < 1.29 is 13.2 Å². The number of nitrogens with one attached hydrogen (secondary N) is 1. The van der Waals surface area contributed by atoms with Crippen LogP contribution in [0.25, 0.3) is 0 Å². The molecule has 27 heavy (non-hydrogen) atoms. The molecule has 1 amide bonds. The van der Waals surface area contributed by atoms with Crippen LogP contribution in [-0.4, -0.2) is 36.7 Å². The number of aryl methyl sites for hydroxylation is 1. The van der Waals surface area contributed by atoms with Gasteiger partial charge in [-0.1, -0.05) is 18.6 Å². The summed E-state index contributed by atoms with van der Waals surface area (Å²) in [6, 6.07) is 10.6. The molecule has 0 aliphatic carbocycles. The summed E-state index contributed by atoms with van der Waals surface area (Å²) in [5.41, 5.74) is 1.96. The average molecular weight is 388 g/mol. The van der Waals surface area contributed by atoms with Crippen molar-refractivity contribution in [1.82, 2.24) is 14.6 Å². The van der Waals surface area contributed by atoms with Crippen molar-refractivity contribution >= 4 is 15.9 Å². The summed E-state index contributed by atoms with van der Waals surface area (Å²) in [6.45, 7) is 1.68. The molecule has 3 rings (SSSR count). The van der Waals surface area contributed by atoms with E-state index in [0.29, 0.717) is 37.4 Å². The van der Waals surface area contributed by atoms with Gasteiger partial charge in [0.2, 0.25) is 15.9 Å². The molecule has 1 aromatic carbocycles. The number of rotatable bonds is 7. The monoisotopic (exact) mass is 387 g/mol. The van der Waals surface area contributed by atoms with Gasteiger partial charge in [0.15, 0.2) is 0 Å². The quantitative estimate of drug-likeness (QED) is 0.792. The number of hydrogen-bond acceptors (Lipinski definition) is 4. The molecule has 0 bridgehead atoms. The number of carbonyl (C=O) groups excluding carboxylic acids is 1. The zero-order chi connectivity index (χ0) is 19.1. The van der Waals surface area contributed by atoms with Gasteiger partial charge in [0.25, 0.3) is 0 Å². The fraction of sp³-hybridized carbons (Fsp3) is 0.400. The van der Waals surface area contributed by atoms with Crippen LogP contribution in [0.3, 0.4) is 0 Å². The molecule has 1 fully saturated rings. The zero-order valence-electron chi connectivity index (χ0n) is 15.3. The molecule has 1 aliphatic rings. The van der Waals surface area contributed by atoms with E-state index in [2.05, 4.69) is 10.3 Å². The summed E-state index contributed by atoms with van der Waals surface area (Å²) >= 11 is 0. The van der Waals surface area contributed by atoms with Crippen LogP contribution in [0, 0.1) is 0 Å². The fourth-order valence-electron chi connectivity index (χ4n) is 3.13. The molecular formula is C20H25N3O3S. The summed E-state index contributed by atoms with van der Waals surface area (Å²) in [4.78, 5) is 16.3. The normalized spacial score (nSPS) is 15.4. The van der Waals surface area contributed by atoms with Gasteiger partial charge in [-0.2, -0.15) is 4.31 Å². The van der Waals surface area contributed by atoms with Gasteiger partial charge in [0, 0.05) is 38.4 Å². The highest BCUT2D eigenvalue weighted by atomic mass is 32.2. The molecular weight excluding hydrogens is 362 g/mol. The van der Waals surface area contributed by atoms with E-state index in [1.165, 1.54) is 0 Å². The molecule has 0 unspecified atom stereocenters. The number of hydrogen-bond donors (Lipinski definition) is 1. The van der Waals surface area contributed by atoms with Crippen LogP contribution in [0.5, 0.6) is 0 Å². The lowest BCUT2D eigenvalue weighted by atomic mass is 10.1. The molecule has 1 aliphatic heterocycles. The summed E-state index contributed by atoms with van der Waals surface area (Å²) in [5.74, 6) is -0.0307. The van der Waals surface area contributed by atoms with Gasteiger partial charge in [0.05, 0.1) is 4.90 Å². The van der Waals surface area contributed by atoms with Gasteiger partial charge < -0.3 is 5.32 Å². The largest absolute Gasteiger partial charge is 0.352 e. The topological polar surface area (TPSA) is 79.4 Å². The molecule has 0 atom stereocenters. The Hall–Kier alpha value is -2.25. The SMILES string of the molecule is O=C(CCc1ccc(S(=O)(=O)N2CCCCC2)cc1)NCc1ccncc1. The average Bonchev–Trinajstić information content (AvgIpc) is 2.72. The Morgan fingerprint density at radius 3 is 2.30 bits per heavy atom. The fourth-order valence-corrected chi connectivity index (χ4v) is 4.65. The lowest BCUT2D eigenvalue weighted by Crippen LogP contribution is -2.35. The summed E-state index contributed by atoms with van der Waals surface area (Å²) in [7, 11) is -3.40. The molecule has 0 radical (unpaired) electrons. The second-order valence-corrected chi connectivity index (χ2v) is 8.68. The van der Waals surface area contributed by atoms with Crippen LogP contribution in [0.1, 0.15) is 36.8 Å². The second-order valence-electron chi connectivity index (χ2n) is 6.74. The van der Waals surface area contributed by atoms with Crippen LogP contribution in [-0.2, 0) is 27.8 Å². The maximum atomic E-state index is 12.6. The van der Waals surface area contributed by atoms with Crippen LogP contribution in [0.2, 0.25) is 0 Å². The zero-order valence-corrected chi connectivity index (χ0v) is 16.1. The number of pyridine rings is 1. The first-order chi connectivity index (χ1) is 13.1. The number of nitrogens with zero attached hydrogens (tertiary/aromatic N) is 2. The van der Waals surface area contributed by atoms with E-state index in [1.807, 2.05) is 12.1 Å². The first-order valence-corrected chi connectivity index (χ1v) is 10.7. The first-order valence-electron chi connectivity index (χ1n) is 9.30. The van der Waals surface area contributed by atoms with E-state index in [4.69, 9.17) is 0 Å². The highest BCUT2D eigenvalue weighted by molar-refractivity contribution is 7.89. The van der Waals surface area contributed by atoms with Gasteiger partial charge in [0.1, 0.15) is 0 Å². The predicted octanol–water partition coefficient (Wildman–Crippen LogP) is 2.51. The Bertz CT molecular complexity index is 846. The van der Waals surface area contributed by atoms with E-state index in [1.54, 1.807) is 41.0 Å². The van der Waals surface area contributed by atoms with E-state index in [0.717, 1.165) is 30.4 Å². The Balaban J connectivity index is 1.50. The van der Waals surface area contributed by atoms with Gasteiger partial charge in [-0.15, -0.1) is 0 Å². The second kappa shape index (κ2) is 9.10.